The van der Waals surface area contributed by atoms with Gasteiger partial charge in [0.2, 0.25) is 11.8 Å². The Labute approximate surface area is 80.2 Å². The first-order valence-corrected chi connectivity index (χ1v) is 4.16. The molecule has 0 radical (unpaired) electrons. The average Bonchev–Trinajstić information content (AvgIpc) is 1.84. The van der Waals surface area contributed by atoms with Gasteiger partial charge in [-0.05, 0) is 6.42 Å². The van der Waals surface area contributed by atoms with E-state index in [0.717, 1.165) is 0 Å². The molecule has 0 aliphatic carbocycles. The maximum absolute atomic E-state index is 10.4. The Balaban J connectivity index is 3.76. The summed E-state index contributed by atoms with van der Waals surface area (Å²) in [4.78, 5) is 20.8. The van der Waals surface area contributed by atoms with Crippen molar-refractivity contribution in [1.82, 2.24) is 0 Å². The molecule has 0 aliphatic heterocycles. The lowest BCUT2D eigenvalue weighted by Gasteiger charge is -2.08. The molecule has 0 aromatic rings. The largest absolute Gasteiger partial charge is 0.370 e. The van der Waals surface area contributed by atoms with Crippen molar-refractivity contribution in [3.63, 3.8) is 0 Å². The minimum Gasteiger partial charge on any atom is -0.370 e. The van der Waals surface area contributed by atoms with Gasteiger partial charge in [-0.25, -0.2) is 0 Å². The van der Waals surface area contributed by atoms with Gasteiger partial charge < -0.3 is 11.5 Å². The highest BCUT2D eigenvalue weighted by atomic mass is 35.5. The van der Waals surface area contributed by atoms with Crippen LogP contribution >= 0.6 is 23.2 Å². The fraction of sp³-hybridized carbons (Fsp3) is 0.667. The summed E-state index contributed by atoms with van der Waals surface area (Å²) in [6, 6.07) is 0. The topological polar surface area (TPSA) is 86.2 Å². The lowest BCUT2D eigenvalue weighted by molar-refractivity contribution is -0.119. The zero-order valence-corrected chi connectivity index (χ0v) is 7.81. The highest BCUT2D eigenvalue weighted by Crippen LogP contribution is 2.13. The van der Waals surface area contributed by atoms with Crippen LogP contribution in [0.1, 0.15) is 12.8 Å². The first-order chi connectivity index (χ1) is 5.43. The second kappa shape index (κ2) is 5.22. The third-order valence-corrected chi connectivity index (χ3v) is 1.92. The van der Waals surface area contributed by atoms with Gasteiger partial charge in [0.1, 0.15) is 5.38 Å². The van der Waals surface area contributed by atoms with Gasteiger partial charge in [0.25, 0.3) is 0 Å². The number of carbonyl (C=O) groups is 2. The van der Waals surface area contributed by atoms with Crippen LogP contribution in [0.5, 0.6) is 0 Å². The number of primary amides is 2. The first kappa shape index (κ1) is 11.5. The predicted octanol–water partition coefficient (Wildman–Crippen LogP) is -0.0480. The van der Waals surface area contributed by atoms with Crippen LogP contribution in [0.4, 0.5) is 0 Å². The average molecular weight is 213 g/mol. The van der Waals surface area contributed by atoms with Crippen molar-refractivity contribution in [2.24, 2.45) is 11.5 Å². The molecule has 0 saturated carbocycles. The van der Waals surface area contributed by atoms with E-state index in [4.69, 9.17) is 34.7 Å². The van der Waals surface area contributed by atoms with E-state index in [-0.39, 0.29) is 12.8 Å². The molecule has 2 atom stereocenters. The summed E-state index contributed by atoms with van der Waals surface area (Å²) < 4.78 is 0. The monoisotopic (exact) mass is 212 g/mol. The van der Waals surface area contributed by atoms with Crippen LogP contribution in [0, 0.1) is 0 Å². The van der Waals surface area contributed by atoms with Gasteiger partial charge in [-0.2, -0.15) is 0 Å². The van der Waals surface area contributed by atoms with E-state index < -0.39 is 22.6 Å². The maximum atomic E-state index is 10.4. The van der Waals surface area contributed by atoms with Crippen molar-refractivity contribution < 1.29 is 9.59 Å². The van der Waals surface area contributed by atoms with Crippen molar-refractivity contribution >= 4 is 35.0 Å². The Bertz CT molecular complexity index is 186. The van der Waals surface area contributed by atoms with Crippen LogP contribution in [0.2, 0.25) is 0 Å². The summed E-state index contributed by atoms with van der Waals surface area (Å²) in [7, 11) is 0. The molecule has 70 valence electrons. The summed E-state index contributed by atoms with van der Waals surface area (Å²) in [5.41, 5.74) is 9.73. The van der Waals surface area contributed by atoms with Gasteiger partial charge in [0, 0.05) is 11.8 Å². The van der Waals surface area contributed by atoms with E-state index in [0.29, 0.717) is 0 Å². The van der Waals surface area contributed by atoms with Crippen LogP contribution in [0.15, 0.2) is 0 Å². The number of nitrogens with two attached hydrogens (primary N) is 2. The Morgan fingerprint density at radius 3 is 2.08 bits per heavy atom. The van der Waals surface area contributed by atoms with Crippen LogP contribution < -0.4 is 11.5 Å². The molecule has 4 N–H and O–H groups in total. The molecule has 0 spiro atoms. The molecule has 0 fully saturated rings. The number of halogens is 2. The van der Waals surface area contributed by atoms with Gasteiger partial charge in [0.05, 0.1) is 0 Å². The van der Waals surface area contributed by atoms with Crippen LogP contribution in [-0.4, -0.2) is 22.6 Å². The molecule has 4 nitrogen and oxygen atoms in total. The Kier molecular flexibility index (Phi) is 5.01. The molecule has 6 heteroatoms. The zero-order valence-electron chi connectivity index (χ0n) is 6.30. The summed E-state index contributed by atoms with van der Waals surface area (Å²) in [5.74, 6) is -1.17. The quantitative estimate of drug-likeness (QED) is 0.627. The number of alkyl halides is 2. The minimum atomic E-state index is -0.841. The second-order valence-electron chi connectivity index (χ2n) is 2.37. The molecule has 0 bridgehead atoms. The van der Waals surface area contributed by atoms with E-state index >= 15 is 0 Å². The lowest BCUT2D eigenvalue weighted by atomic mass is 10.1. The van der Waals surface area contributed by atoms with E-state index in [1.54, 1.807) is 0 Å². The number of amides is 2. The predicted molar refractivity (Wildman–Crippen MR) is 46.9 cm³/mol. The number of hydrogen-bond donors (Lipinski definition) is 2. The fourth-order valence-corrected chi connectivity index (χ4v) is 1.28. The molecule has 12 heavy (non-hydrogen) atoms. The van der Waals surface area contributed by atoms with Crippen molar-refractivity contribution in [3.8, 4) is 0 Å². The van der Waals surface area contributed by atoms with Crippen LogP contribution in [0.3, 0.4) is 0 Å². The highest BCUT2D eigenvalue weighted by molar-refractivity contribution is 6.31. The fourth-order valence-electron chi connectivity index (χ4n) is 0.642. The molecule has 0 rings (SSSR count). The van der Waals surface area contributed by atoms with Gasteiger partial charge in [-0.1, -0.05) is 0 Å². The molecule has 0 aliphatic rings. The third-order valence-electron chi connectivity index (χ3n) is 1.19. The standard InChI is InChI=1S/C6H10Cl2N2O2/c7-3(2-5(9)11)1-4(8)6(10)12/h3-4H,1-2H2,(H2,9,11)(H2,10,12). The van der Waals surface area contributed by atoms with E-state index in [1.807, 2.05) is 0 Å². The minimum absolute atomic E-state index is 0.00193. The smallest absolute Gasteiger partial charge is 0.235 e. The van der Waals surface area contributed by atoms with Crippen molar-refractivity contribution in [2.45, 2.75) is 23.6 Å². The Morgan fingerprint density at radius 1 is 1.25 bits per heavy atom. The van der Waals surface area contributed by atoms with Crippen molar-refractivity contribution in [3.05, 3.63) is 0 Å². The van der Waals surface area contributed by atoms with Crippen molar-refractivity contribution in [2.75, 3.05) is 0 Å². The van der Waals surface area contributed by atoms with Gasteiger partial charge in [-0.3, -0.25) is 9.59 Å². The van der Waals surface area contributed by atoms with Gasteiger partial charge >= 0.3 is 0 Å². The second-order valence-corrected chi connectivity index (χ2v) is 3.52. The van der Waals surface area contributed by atoms with Gasteiger partial charge in [0.15, 0.2) is 0 Å². The Hall–Kier alpha value is -0.480. The molecule has 0 saturated heterocycles. The van der Waals surface area contributed by atoms with Crippen LogP contribution in [-0.2, 0) is 9.59 Å². The summed E-state index contributed by atoms with van der Waals surface area (Å²) in [6.45, 7) is 0. The lowest BCUT2D eigenvalue weighted by Crippen LogP contribution is -2.27. The summed E-state index contributed by atoms with van der Waals surface area (Å²) in [5, 5.41) is -1.37. The maximum Gasteiger partial charge on any atom is 0.235 e. The highest BCUT2D eigenvalue weighted by Gasteiger charge is 2.18. The molecule has 2 unspecified atom stereocenters. The Morgan fingerprint density at radius 2 is 1.75 bits per heavy atom. The molecule has 2 amide bonds. The molecule has 0 aromatic carbocycles. The number of carbonyl (C=O) groups excluding carboxylic acids is 2. The SMILES string of the molecule is NC(=O)CC(Cl)CC(Cl)C(N)=O. The normalized spacial score (nSPS) is 15.2. The zero-order chi connectivity index (χ0) is 9.72. The number of rotatable bonds is 5. The van der Waals surface area contributed by atoms with E-state index in [9.17, 15) is 9.59 Å². The van der Waals surface area contributed by atoms with Crippen LogP contribution in [0.25, 0.3) is 0 Å². The summed E-state index contributed by atoms with van der Waals surface area (Å²) in [6.07, 6.45) is 0.152. The van der Waals surface area contributed by atoms with Gasteiger partial charge in [-0.15, -0.1) is 23.2 Å². The third kappa shape index (κ3) is 5.21. The molecular formula is C6H10Cl2N2O2. The molecule has 0 aromatic heterocycles. The molecular weight excluding hydrogens is 203 g/mol. The number of hydrogen-bond acceptors (Lipinski definition) is 2. The van der Waals surface area contributed by atoms with Crippen molar-refractivity contribution in [1.29, 1.82) is 0 Å². The van der Waals surface area contributed by atoms with E-state index in [1.165, 1.54) is 0 Å². The van der Waals surface area contributed by atoms with E-state index in [2.05, 4.69) is 0 Å². The summed E-state index contributed by atoms with van der Waals surface area (Å²) >= 11 is 11.1. The first-order valence-electron chi connectivity index (χ1n) is 3.29. The molecule has 0 heterocycles.